The van der Waals surface area contributed by atoms with Gasteiger partial charge in [0, 0.05) is 45.0 Å². The molecular weight excluding hydrogens is 410 g/mol. The van der Waals surface area contributed by atoms with Gasteiger partial charge in [0.2, 0.25) is 0 Å². The standard InChI is InChI=1S/C24H33N3O5/c1-16-21(24(29)32-13-12-30-4)17(2)26-22(16)23(28)27(15-19-7-10-31-11-8-19)18(3)20-6-5-9-25-14-20/h5-6,9,14,18-19,26H,7-8,10-13,15H2,1-4H3. The highest BCUT2D eigenvalue weighted by Gasteiger charge is 2.31. The number of hydrogen-bond donors (Lipinski definition) is 1. The summed E-state index contributed by atoms with van der Waals surface area (Å²) in [5.74, 6) is -0.227. The molecule has 3 heterocycles. The molecule has 0 bridgehead atoms. The Labute approximate surface area is 189 Å². The van der Waals surface area contributed by atoms with Crippen LogP contribution in [0.25, 0.3) is 0 Å². The van der Waals surface area contributed by atoms with Crippen LogP contribution in [0.4, 0.5) is 0 Å². The van der Waals surface area contributed by atoms with Crippen molar-refractivity contribution >= 4 is 11.9 Å². The molecule has 1 aliphatic rings. The molecule has 1 N–H and O–H groups in total. The Morgan fingerprint density at radius 3 is 2.69 bits per heavy atom. The fourth-order valence-corrected chi connectivity index (χ4v) is 4.13. The molecule has 0 spiro atoms. The Hall–Kier alpha value is -2.71. The zero-order valence-electron chi connectivity index (χ0n) is 19.3. The summed E-state index contributed by atoms with van der Waals surface area (Å²) in [6.45, 7) is 8.11. The number of H-pyrrole nitrogens is 1. The summed E-state index contributed by atoms with van der Waals surface area (Å²) in [5.41, 5.74) is 3.01. The Balaban J connectivity index is 1.88. The van der Waals surface area contributed by atoms with Gasteiger partial charge in [0.25, 0.3) is 5.91 Å². The number of nitrogens with zero attached hydrogens (tertiary/aromatic N) is 2. The van der Waals surface area contributed by atoms with E-state index in [2.05, 4.69) is 9.97 Å². The number of carbonyl (C=O) groups is 2. The van der Waals surface area contributed by atoms with E-state index in [-0.39, 0.29) is 18.6 Å². The number of hydrogen-bond acceptors (Lipinski definition) is 6. The lowest BCUT2D eigenvalue weighted by Crippen LogP contribution is -2.39. The molecule has 1 amide bonds. The van der Waals surface area contributed by atoms with Crippen molar-refractivity contribution in [1.29, 1.82) is 0 Å². The molecule has 1 fully saturated rings. The minimum absolute atomic E-state index is 0.135. The molecule has 0 radical (unpaired) electrons. The minimum Gasteiger partial charge on any atom is -0.460 e. The van der Waals surface area contributed by atoms with Gasteiger partial charge in [-0.15, -0.1) is 0 Å². The van der Waals surface area contributed by atoms with Crippen LogP contribution in [0.5, 0.6) is 0 Å². The average molecular weight is 444 g/mol. The van der Waals surface area contributed by atoms with Gasteiger partial charge in [0.05, 0.1) is 18.2 Å². The third-order valence-corrected chi connectivity index (χ3v) is 6.07. The largest absolute Gasteiger partial charge is 0.460 e. The highest BCUT2D eigenvalue weighted by molar-refractivity contribution is 6.00. The number of nitrogens with one attached hydrogen (secondary N) is 1. The molecule has 32 heavy (non-hydrogen) atoms. The van der Waals surface area contributed by atoms with Gasteiger partial charge < -0.3 is 24.1 Å². The summed E-state index contributed by atoms with van der Waals surface area (Å²) < 4.78 is 15.7. The SMILES string of the molecule is COCCOC(=O)c1c(C)[nH]c(C(=O)N(CC2CCOCC2)C(C)c2cccnc2)c1C. The number of aromatic nitrogens is 2. The van der Waals surface area contributed by atoms with Crippen LogP contribution in [0.1, 0.15) is 63.5 Å². The van der Waals surface area contributed by atoms with Crippen LogP contribution in [0.2, 0.25) is 0 Å². The predicted molar refractivity (Wildman–Crippen MR) is 120 cm³/mol. The van der Waals surface area contributed by atoms with Crippen molar-refractivity contribution in [2.45, 2.75) is 39.7 Å². The van der Waals surface area contributed by atoms with Gasteiger partial charge in [-0.05, 0) is 56.7 Å². The summed E-state index contributed by atoms with van der Waals surface area (Å²) in [6.07, 6.45) is 5.36. The van der Waals surface area contributed by atoms with E-state index in [0.29, 0.717) is 54.8 Å². The molecule has 1 unspecified atom stereocenters. The molecule has 1 saturated heterocycles. The Morgan fingerprint density at radius 1 is 1.28 bits per heavy atom. The fourth-order valence-electron chi connectivity index (χ4n) is 4.13. The van der Waals surface area contributed by atoms with Crippen molar-refractivity contribution in [2.75, 3.05) is 40.1 Å². The van der Waals surface area contributed by atoms with Crippen molar-refractivity contribution in [2.24, 2.45) is 5.92 Å². The van der Waals surface area contributed by atoms with E-state index in [0.717, 1.165) is 18.4 Å². The lowest BCUT2D eigenvalue weighted by atomic mass is 9.97. The summed E-state index contributed by atoms with van der Waals surface area (Å²) in [5, 5.41) is 0. The molecule has 1 atom stereocenters. The topological polar surface area (TPSA) is 93.8 Å². The smallest absolute Gasteiger partial charge is 0.340 e. The molecule has 174 valence electrons. The number of esters is 1. The number of pyridine rings is 1. The molecule has 8 heteroatoms. The monoisotopic (exact) mass is 443 g/mol. The predicted octanol–water partition coefficient (Wildman–Crippen LogP) is 3.46. The Morgan fingerprint density at radius 2 is 2.03 bits per heavy atom. The van der Waals surface area contributed by atoms with Gasteiger partial charge in [-0.2, -0.15) is 0 Å². The number of rotatable bonds is 9. The molecule has 0 saturated carbocycles. The van der Waals surface area contributed by atoms with Gasteiger partial charge in [-0.3, -0.25) is 9.78 Å². The molecule has 8 nitrogen and oxygen atoms in total. The first kappa shape index (κ1) is 23.9. The number of aryl methyl sites for hydroxylation is 1. The van der Waals surface area contributed by atoms with Crippen molar-refractivity contribution in [3.05, 3.63) is 52.6 Å². The van der Waals surface area contributed by atoms with Crippen molar-refractivity contribution in [3.63, 3.8) is 0 Å². The van der Waals surface area contributed by atoms with Gasteiger partial charge in [0.1, 0.15) is 12.3 Å². The lowest BCUT2D eigenvalue weighted by molar-refractivity contribution is 0.0386. The van der Waals surface area contributed by atoms with Crippen LogP contribution in [0, 0.1) is 19.8 Å². The van der Waals surface area contributed by atoms with Crippen LogP contribution in [-0.2, 0) is 14.2 Å². The van der Waals surface area contributed by atoms with Gasteiger partial charge in [0.15, 0.2) is 0 Å². The van der Waals surface area contributed by atoms with Crippen LogP contribution in [-0.4, -0.2) is 66.8 Å². The second kappa shape index (κ2) is 11.2. The zero-order chi connectivity index (χ0) is 23.1. The molecule has 2 aromatic heterocycles. The molecular formula is C24H33N3O5. The van der Waals surface area contributed by atoms with E-state index in [4.69, 9.17) is 14.2 Å². The fraction of sp³-hybridized carbons (Fsp3) is 0.542. The number of aromatic amines is 1. The van der Waals surface area contributed by atoms with Crippen molar-refractivity contribution in [3.8, 4) is 0 Å². The van der Waals surface area contributed by atoms with Gasteiger partial charge in [-0.1, -0.05) is 6.07 Å². The first-order valence-corrected chi connectivity index (χ1v) is 11.1. The number of ether oxygens (including phenoxy) is 3. The van der Waals surface area contributed by atoms with E-state index in [1.165, 1.54) is 0 Å². The lowest BCUT2D eigenvalue weighted by Gasteiger charge is -2.34. The quantitative estimate of drug-likeness (QED) is 0.471. The highest BCUT2D eigenvalue weighted by Crippen LogP contribution is 2.28. The van der Waals surface area contributed by atoms with Gasteiger partial charge >= 0.3 is 5.97 Å². The Bertz CT molecular complexity index is 906. The first-order valence-electron chi connectivity index (χ1n) is 11.1. The third kappa shape index (κ3) is 5.55. The number of methoxy groups -OCH3 is 1. The minimum atomic E-state index is -0.455. The second-order valence-electron chi connectivity index (χ2n) is 8.23. The zero-order valence-corrected chi connectivity index (χ0v) is 19.3. The molecule has 0 aliphatic carbocycles. The maximum Gasteiger partial charge on any atom is 0.340 e. The molecule has 2 aromatic rings. The number of amides is 1. The van der Waals surface area contributed by atoms with Gasteiger partial charge in [-0.25, -0.2) is 4.79 Å². The van der Waals surface area contributed by atoms with E-state index in [1.54, 1.807) is 33.4 Å². The summed E-state index contributed by atoms with van der Waals surface area (Å²) in [4.78, 5) is 35.6. The third-order valence-electron chi connectivity index (χ3n) is 6.07. The first-order chi connectivity index (χ1) is 15.4. The van der Waals surface area contributed by atoms with E-state index in [9.17, 15) is 9.59 Å². The highest BCUT2D eigenvalue weighted by atomic mass is 16.6. The van der Waals surface area contributed by atoms with E-state index >= 15 is 0 Å². The maximum absolute atomic E-state index is 13.8. The average Bonchev–Trinajstić information content (AvgIpc) is 3.11. The van der Waals surface area contributed by atoms with Crippen molar-refractivity contribution in [1.82, 2.24) is 14.9 Å². The molecule has 3 rings (SSSR count). The van der Waals surface area contributed by atoms with E-state index in [1.807, 2.05) is 24.0 Å². The summed E-state index contributed by atoms with van der Waals surface area (Å²) >= 11 is 0. The molecule has 0 aromatic carbocycles. The number of carbonyl (C=O) groups excluding carboxylic acids is 2. The van der Waals surface area contributed by atoms with Crippen molar-refractivity contribution < 1.29 is 23.8 Å². The maximum atomic E-state index is 13.8. The van der Waals surface area contributed by atoms with Crippen LogP contribution in [0.15, 0.2) is 24.5 Å². The van der Waals surface area contributed by atoms with Crippen LogP contribution >= 0.6 is 0 Å². The summed E-state index contributed by atoms with van der Waals surface area (Å²) in [6, 6.07) is 3.69. The van der Waals surface area contributed by atoms with Crippen LogP contribution < -0.4 is 0 Å². The normalized spacial score (nSPS) is 15.4. The summed E-state index contributed by atoms with van der Waals surface area (Å²) in [7, 11) is 1.55. The molecule has 1 aliphatic heterocycles. The Kier molecular flexibility index (Phi) is 8.41. The van der Waals surface area contributed by atoms with Crippen LogP contribution in [0.3, 0.4) is 0 Å². The van der Waals surface area contributed by atoms with E-state index < -0.39 is 5.97 Å². The second-order valence-corrected chi connectivity index (χ2v) is 8.23.